The van der Waals surface area contributed by atoms with Gasteiger partial charge in [0.05, 0.1) is 16.5 Å². The summed E-state index contributed by atoms with van der Waals surface area (Å²) in [5.41, 5.74) is 1.44. The van der Waals surface area contributed by atoms with Gasteiger partial charge in [0, 0.05) is 45.4 Å². The largest absolute Gasteiger partial charge is 0.454 e. The predicted molar refractivity (Wildman–Crippen MR) is 283 cm³/mol. The molecule has 2 unspecified atom stereocenters. The summed E-state index contributed by atoms with van der Waals surface area (Å²) in [5.74, 6) is -12.7. The van der Waals surface area contributed by atoms with E-state index in [4.69, 9.17) is 4.42 Å². The van der Waals surface area contributed by atoms with Crippen LogP contribution in [0, 0.1) is 46.5 Å². The summed E-state index contributed by atoms with van der Waals surface area (Å²) in [7, 11) is 0. The average molecular weight is 1010 g/mol. The molecule has 368 valence electrons. The SMILES string of the molecule is C=Cc1ccc(C2(c3c(F)c(F)cc(F)c3F)c3ccccc3-c3ccc(N(c4ccc5c(c4)C(c4ccc(C=C)cc4)(c4c(F)c(F)cc(F)c4F)c4ccccc4-5)c4cccc5c4oc4ccccc45)cc32)cc1. The highest BCUT2D eigenvalue weighted by Gasteiger charge is 2.53. The Bertz CT molecular complexity index is 4010. The number of para-hydroxylation sites is 2. The van der Waals surface area contributed by atoms with Gasteiger partial charge >= 0.3 is 0 Å². The molecule has 0 spiro atoms. The first kappa shape index (κ1) is 46.5. The minimum absolute atomic E-state index is 0.187. The summed E-state index contributed by atoms with van der Waals surface area (Å²) in [4.78, 5) is 1.81. The fourth-order valence-corrected chi connectivity index (χ4v) is 12.1. The third-order valence-electron chi connectivity index (χ3n) is 15.3. The normalized spacial score (nSPS) is 16.1. The Labute approximate surface area is 430 Å². The third-order valence-corrected chi connectivity index (χ3v) is 15.3. The van der Waals surface area contributed by atoms with Crippen LogP contribution >= 0.6 is 0 Å². The van der Waals surface area contributed by atoms with E-state index in [0.717, 1.165) is 5.39 Å². The monoisotopic (exact) mass is 1010 g/mol. The van der Waals surface area contributed by atoms with Crippen molar-refractivity contribution in [3.63, 3.8) is 0 Å². The molecular formula is C66H37F8NO. The van der Waals surface area contributed by atoms with Crippen LogP contribution in [-0.4, -0.2) is 0 Å². The Morgan fingerprint density at radius 2 is 0.789 bits per heavy atom. The van der Waals surface area contributed by atoms with Gasteiger partial charge in [-0.1, -0.05) is 165 Å². The molecular weight excluding hydrogens is 975 g/mol. The molecule has 0 radical (unpaired) electrons. The van der Waals surface area contributed by atoms with Crippen molar-refractivity contribution in [2.24, 2.45) is 0 Å². The average Bonchev–Trinajstić information content (AvgIpc) is 4.09. The summed E-state index contributed by atoms with van der Waals surface area (Å²) < 4.78 is 138. The molecule has 0 amide bonds. The van der Waals surface area contributed by atoms with Crippen LogP contribution in [0.1, 0.15) is 55.6 Å². The number of nitrogens with zero attached hydrogens (tertiary/aromatic N) is 1. The maximum Gasteiger partial charge on any atom is 0.166 e. The number of furan rings is 1. The molecule has 2 atom stereocenters. The summed E-state index contributed by atoms with van der Waals surface area (Å²) in [6.07, 6.45) is 3.19. The quantitative estimate of drug-likeness (QED) is 0.106. The van der Waals surface area contributed by atoms with E-state index in [1.54, 1.807) is 152 Å². The molecule has 10 aromatic carbocycles. The zero-order valence-electron chi connectivity index (χ0n) is 39.8. The number of benzene rings is 10. The molecule has 0 aliphatic heterocycles. The highest BCUT2D eigenvalue weighted by molar-refractivity contribution is 6.10. The van der Waals surface area contributed by atoms with Gasteiger partial charge in [0.1, 0.15) is 5.58 Å². The molecule has 11 aromatic rings. The van der Waals surface area contributed by atoms with Crippen LogP contribution in [0.3, 0.4) is 0 Å². The first-order valence-electron chi connectivity index (χ1n) is 24.2. The second-order valence-corrected chi connectivity index (χ2v) is 19.0. The second-order valence-electron chi connectivity index (χ2n) is 19.0. The van der Waals surface area contributed by atoms with Gasteiger partial charge in [0.25, 0.3) is 0 Å². The first-order chi connectivity index (χ1) is 36.9. The fraction of sp³-hybridized carbons (Fsp3) is 0.0303. The van der Waals surface area contributed by atoms with E-state index in [9.17, 15) is 0 Å². The molecule has 0 bridgehead atoms. The lowest BCUT2D eigenvalue weighted by Gasteiger charge is -2.36. The Morgan fingerprint density at radius 3 is 1.25 bits per heavy atom. The van der Waals surface area contributed by atoms with Crippen molar-refractivity contribution in [1.82, 2.24) is 0 Å². The zero-order chi connectivity index (χ0) is 52.4. The molecule has 76 heavy (non-hydrogen) atoms. The Kier molecular flexibility index (Phi) is 10.5. The van der Waals surface area contributed by atoms with Crippen molar-refractivity contribution in [1.29, 1.82) is 0 Å². The smallest absolute Gasteiger partial charge is 0.166 e. The van der Waals surface area contributed by atoms with Crippen LogP contribution in [0.2, 0.25) is 0 Å². The molecule has 0 N–H and O–H groups in total. The number of hydrogen-bond acceptors (Lipinski definition) is 2. The first-order valence-corrected chi connectivity index (χ1v) is 24.2. The molecule has 2 nitrogen and oxygen atoms in total. The Hall–Kier alpha value is -9.28. The van der Waals surface area contributed by atoms with E-state index in [1.807, 2.05) is 41.3 Å². The van der Waals surface area contributed by atoms with Crippen LogP contribution in [0.5, 0.6) is 0 Å². The zero-order valence-corrected chi connectivity index (χ0v) is 39.8. The minimum Gasteiger partial charge on any atom is -0.454 e. The topological polar surface area (TPSA) is 16.4 Å². The fourth-order valence-electron chi connectivity index (χ4n) is 12.1. The highest BCUT2D eigenvalue weighted by Crippen LogP contribution is 2.61. The summed E-state index contributed by atoms with van der Waals surface area (Å²) in [6, 6.07) is 51.1. The van der Waals surface area contributed by atoms with Gasteiger partial charge in [0.15, 0.2) is 52.1 Å². The lowest BCUT2D eigenvalue weighted by molar-refractivity contribution is 0.426. The van der Waals surface area contributed by atoms with Crippen LogP contribution in [0.15, 0.2) is 206 Å². The van der Waals surface area contributed by atoms with Crippen LogP contribution in [0.25, 0.3) is 56.3 Å². The summed E-state index contributed by atoms with van der Waals surface area (Å²) in [5, 5.41) is 1.50. The van der Waals surface area contributed by atoms with Gasteiger partial charge in [0.2, 0.25) is 0 Å². The summed E-state index contributed by atoms with van der Waals surface area (Å²) in [6.45, 7) is 7.75. The number of fused-ring (bicyclic) bond motifs is 9. The van der Waals surface area contributed by atoms with Gasteiger partial charge in [-0.3, -0.25) is 0 Å². The van der Waals surface area contributed by atoms with Crippen molar-refractivity contribution < 1.29 is 39.5 Å². The van der Waals surface area contributed by atoms with Crippen molar-refractivity contribution in [3.8, 4) is 22.3 Å². The van der Waals surface area contributed by atoms with Gasteiger partial charge in [-0.25, -0.2) is 35.1 Å². The predicted octanol–water partition coefficient (Wildman–Crippen LogP) is 18.2. The number of anilines is 3. The third kappa shape index (κ3) is 6.33. The van der Waals surface area contributed by atoms with Gasteiger partial charge in [-0.15, -0.1) is 0 Å². The Balaban J connectivity index is 1.16. The summed E-state index contributed by atoms with van der Waals surface area (Å²) >= 11 is 0. The van der Waals surface area contributed by atoms with E-state index in [-0.39, 0.29) is 34.4 Å². The maximum absolute atomic E-state index is 17.0. The number of hydrogen-bond donors (Lipinski definition) is 0. The minimum atomic E-state index is -2.04. The maximum atomic E-state index is 17.0. The molecule has 0 fully saturated rings. The van der Waals surface area contributed by atoms with Crippen LogP contribution < -0.4 is 4.90 Å². The number of rotatable bonds is 9. The van der Waals surface area contributed by atoms with Crippen molar-refractivity contribution >= 4 is 51.2 Å². The van der Waals surface area contributed by atoms with Gasteiger partial charge in [-0.2, -0.15) is 0 Å². The Morgan fingerprint density at radius 1 is 0.382 bits per heavy atom. The molecule has 2 aliphatic rings. The van der Waals surface area contributed by atoms with E-state index in [1.165, 1.54) is 0 Å². The standard InChI is InChI=1S/C66H37F8NO/c1-3-36-20-24-38(25-21-36)65(58-60(71)52(67)34-53(68)61(58)72)48-16-8-5-12-42(48)44-30-28-40(32-50(44)65)75(56-18-11-15-47-46-14-7-10-19-57(46)76-64(47)56)41-29-31-45-43-13-6-9-17-49(43)66(51(45)33-41,39-26-22-37(4-2)23-27-39)59-62(73)54(69)35-55(70)63(59)74/h3-35H,1-2H2. The molecule has 10 heteroatoms. The molecule has 1 heterocycles. The van der Waals surface area contributed by atoms with E-state index in [2.05, 4.69) is 13.2 Å². The second kappa shape index (κ2) is 17.1. The van der Waals surface area contributed by atoms with E-state index < -0.39 is 68.5 Å². The molecule has 2 aliphatic carbocycles. The molecule has 13 rings (SSSR count). The van der Waals surface area contributed by atoms with Gasteiger partial charge in [-0.05, 0) is 103 Å². The molecule has 0 saturated carbocycles. The van der Waals surface area contributed by atoms with Crippen LogP contribution in [0.4, 0.5) is 52.2 Å². The van der Waals surface area contributed by atoms with Crippen molar-refractivity contribution in [2.45, 2.75) is 10.8 Å². The molecule has 1 aromatic heterocycles. The van der Waals surface area contributed by atoms with E-state index >= 15 is 35.1 Å². The van der Waals surface area contributed by atoms with Crippen molar-refractivity contribution in [2.75, 3.05) is 4.90 Å². The highest BCUT2D eigenvalue weighted by atomic mass is 19.2. The van der Waals surface area contributed by atoms with Crippen molar-refractivity contribution in [3.05, 3.63) is 303 Å². The lowest BCUT2D eigenvalue weighted by Crippen LogP contribution is -2.32. The van der Waals surface area contributed by atoms with Crippen LogP contribution in [-0.2, 0) is 10.8 Å². The van der Waals surface area contributed by atoms with Gasteiger partial charge < -0.3 is 9.32 Å². The van der Waals surface area contributed by atoms with E-state index in [0.29, 0.717) is 78.1 Å². The number of halogens is 8. The molecule has 0 saturated heterocycles. The lowest BCUT2D eigenvalue weighted by atomic mass is 9.67.